The minimum atomic E-state index is -0.697. The van der Waals surface area contributed by atoms with Gasteiger partial charge in [0.1, 0.15) is 11.8 Å². The van der Waals surface area contributed by atoms with Crippen molar-refractivity contribution < 1.29 is 14.3 Å². The summed E-state index contributed by atoms with van der Waals surface area (Å²) in [7, 11) is 0. The van der Waals surface area contributed by atoms with Crippen molar-refractivity contribution in [3.05, 3.63) is 101 Å². The summed E-state index contributed by atoms with van der Waals surface area (Å²) in [4.78, 5) is 28.6. The molecule has 0 spiro atoms. The maximum atomic E-state index is 13.5. The predicted octanol–water partition coefficient (Wildman–Crippen LogP) is 5.38. The summed E-state index contributed by atoms with van der Waals surface area (Å²) >= 11 is 3.46. The van der Waals surface area contributed by atoms with E-state index in [-0.39, 0.29) is 18.4 Å². The highest BCUT2D eigenvalue weighted by Crippen LogP contribution is 2.18. The maximum absolute atomic E-state index is 13.5. The van der Waals surface area contributed by atoms with Crippen molar-refractivity contribution in [3.8, 4) is 5.75 Å². The SMILES string of the molecule is CC(C)(C)NC(=O)[C@@H](Cc1ccccc1)N(Cc1ccc(Br)cc1)C(=O)COc1ccccc1. The molecule has 3 aromatic rings. The van der Waals surface area contributed by atoms with Crippen LogP contribution in [0.3, 0.4) is 0 Å². The van der Waals surface area contributed by atoms with Crippen LogP contribution in [-0.2, 0) is 22.6 Å². The van der Waals surface area contributed by atoms with Gasteiger partial charge in [-0.25, -0.2) is 0 Å². The number of carbonyl (C=O) groups is 2. The first kappa shape index (κ1) is 25.5. The lowest BCUT2D eigenvalue weighted by Gasteiger charge is -2.33. The van der Waals surface area contributed by atoms with Crippen molar-refractivity contribution in [1.29, 1.82) is 0 Å². The summed E-state index contributed by atoms with van der Waals surface area (Å²) in [5.41, 5.74) is 1.48. The minimum Gasteiger partial charge on any atom is -0.484 e. The average Bonchev–Trinajstić information content (AvgIpc) is 2.81. The van der Waals surface area contributed by atoms with Crippen molar-refractivity contribution in [2.24, 2.45) is 0 Å². The third kappa shape index (κ3) is 8.03. The number of nitrogens with zero attached hydrogens (tertiary/aromatic N) is 1. The van der Waals surface area contributed by atoms with E-state index in [4.69, 9.17) is 4.74 Å². The van der Waals surface area contributed by atoms with Crippen LogP contribution in [0.2, 0.25) is 0 Å². The molecule has 0 aromatic heterocycles. The topological polar surface area (TPSA) is 58.6 Å². The lowest BCUT2D eigenvalue weighted by Crippen LogP contribution is -2.55. The molecular formula is C28H31BrN2O3. The first-order chi connectivity index (χ1) is 16.2. The highest BCUT2D eigenvalue weighted by atomic mass is 79.9. The Labute approximate surface area is 210 Å². The molecule has 1 atom stereocenters. The highest BCUT2D eigenvalue weighted by molar-refractivity contribution is 9.10. The fourth-order valence-electron chi connectivity index (χ4n) is 3.54. The standard InChI is InChI=1S/C28H31BrN2O3/c1-28(2,3)30-27(33)25(18-21-10-6-4-7-11-21)31(19-22-14-16-23(29)17-15-22)26(32)20-34-24-12-8-5-9-13-24/h4-17,25H,18-20H2,1-3H3,(H,30,33)/t25-/m1/s1. The second-order valence-electron chi connectivity index (χ2n) is 9.19. The van der Waals surface area contributed by atoms with E-state index in [0.717, 1.165) is 15.6 Å². The van der Waals surface area contributed by atoms with E-state index in [1.807, 2.05) is 93.6 Å². The fraction of sp³-hybridized carbons (Fsp3) is 0.286. The molecule has 34 heavy (non-hydrogen) atoms. The van der Waals surface area contributed by atoms with Crippen molar-refractivity contribution in [2.75, 3.05) is 6.61 Å². The molecule has 2 amide bonds. The Kier molecular flexibility index (Phi) is 8.88. The van der Waals surface area contributed by atoms with Gasteiger partial charge in [0.15, 0.2) is 6.61 Å². The molecule has 0 unspecified atom stereocenters. The van der Waals surface area contributed by atoms with E-state index in [1.54, 1.807) is 17.0 Å². The van der Waals surface area contributed by atoms with Gasteiger partial charge in [-0.2, -0.15) is 0 Å². The number of hydrogen-bond donors (Lipinski definition) is 1. The number of ether oxygens (including phenoxy) is 1. The molecule has 5 nitrogen and oxygen atoms in total. The molecule has 0 aliphatic heterocycles. The predicted molar refractivity (Wildman–Crippen MR) is 138 cm³/mol. The van der Waals surface area contributed by atoms with E-state index >= 15 is 0 Å². The normalized spacial score (nSPS) is 12.0. The Bertz CT molecular complexity index is 1060. The van der Waals surface area contributed by atoms with Gasteiger partial charge in [0.05, 0.1) is 0 Å². The summed E-state index contributed by atoms with van der Waals surface area (Å²) in [6.07, 6.45) is 0.399. The lowest BCUT2D eigenvalue weighted by atomic mass is 10.0. The number of halogens is 1. The van der Waals surface area contributed by atoms with E-state index in [1.165, 1.54) is 0 Å². The van der Waals surface area contributed by atoms with Gasteiger partial charge in [-0.1, -0.05) is 76.6 Å². The third-order valence-electron chi connectivity index (χ3n) is 5.14. The fourth-order valence-corrected chi connectivity index (χ4v) is 3.80. The van der Waals surface area contributed by atoms with Gasteiger partial charge in [-0.15, -0.1) is 0 Å². The van der Waals surface area contributed by atoms with Crippen LogP contribution in [0.25, 0.3) is 0 Å². The maximum Gasteiger partial charge on any atom is 0.261 e. The van der Waals surface area contributed by atoms with Gasteiger partial charge in [0.2, 0.25) is 5.91 Å². The van der Waals surface area contributed by atoms with Gasteiger partial charge in [-0.05, 0) is 56.2 Å². The zero-order valence-electron chi connectivity index (χ0n) is 19.8. The molecule has 0 radical (unpaired) electrons. The Balaban J connectivity index is 1.91. The van der Waals surface area contributed by atoms with Crippen molar-refractivity contribution in [2.45, 2.75) is 45.3 Å². The van der Waals surface area contributed by atoms with Crippen molar-refractivity contribution in [3.63, 3.8) is 0 Å². The second kappa shape index (κ2) is 11.8. The van der Waals surface area contributed by atoms with E-state index in [0.29, 0.717) is 18.7 Å². The van der Waals surface area contributed by atoms with E-state index < -0.39 is 11.6 Å². The van der Waals surface area contributed by atoms with Crippen LogP contribution in [-0.4, -0.2) is 34.9 Å². The first-order valence-electron chi connectivity index (χ1n) is 11.3. The van der Waals surface area contributed by atoms with Gasteiger partial charge < -0.3 is 15.0 Å². The number of rotatable bonds is 9. The zero-order chi connectivity index (χ0) is 24.6. The lowest BCUT2D eigenvalue weighted by molar-refractivity contribution is -0.143. The van der Waals surface area contributed by atoms with Gasteiger partial charge in [-0.3, -0.25) is 9.59 Å². The molecule has 6 heteroatoms. The first-order valence-corrected chi connectivity index (χ1v) is 12.1. The van der Waals surface area contributed by atoms with E-state index in [9.17, 15) is 9.59 Å². The third-order valence-corrected chi connectivity index (χ3v) is 5.67. The summed E-state index contributed by atoms with van der Waals surface area (Å²) < 4.78 is 6.71. The Morgan fingerprint density at radius 1 is 0.882 bits per heavy atom. The van der Waals surface area contributed by atoms with Gasteiger partial charge in [0.25, 0.3) is 5.91 Å². The molecule has 3 aromatic carbocycles. The van der Waals surface area contributed by atoms with Crippen molar-refractivity contribution in [1.82, 2.24) is 10.2 Å². The summed E-state index contributed by atoms with van der Waals surface area (Å²) in [6, 6.07) is 26.0. The molecule has 0 saturated heterocycles. The van der Waals surface area contributed by atoms with Crippen LogP contribution in [0.1, 0.15) is 31.9 Å². The summed E-state index contributed by atoms with van der Waals surface area (Å²) in [5, 5.41) is 3.06. The number of nitrogens with one attached hydrogen (secondary N) is 1. The van der Waals surface area contributed by atoms with Crippen LogP contribution in [0.5, 0.6) is 5.75 Å². The number of benzene rings is 3. The monoisotopic (exact) mass is 522 g/mol. The molecule has 0 bridgehead atoms. The average molecular weight is 523 g/mol. The summed E-state index contributed by atoms with van der Waals surface area (Å²) in [6.45, 7) is 5.94. The minimum absolute atomic E-state index is 0.158. The van der Waals surface area contributed by atoms with E-state index in [2.05, 4.69) is 21.2 Å². The largest absolute Gasteiger partial charge is 0.484 e. The molecule has 0 fully saturated rings. The molecule has 3 rings (SSSR count). The van der Waals surface area contributed by atoms with Crippen LogP contribution in [0, 0.1) is 0 Å². The zero-order valence-corrected chi connectivity index (χ0v) is 21.4. The Morgan fingerprint density at radius 3 is 2.06 bits per heavy atom. The van der Waals surface area contributed by atoms with Crippen molar-refractivity contribution >= 4 is 27.7 Å². The molecule has 0 saturated carbocycles. The molecular weight excluding hydrogens is 492 g/mol. The second-order valence-corrected chi connectivity index (χ2v) is 10.1. The number of hydrogen-bond acceptors (Lipinski definition) is 3. The van der Waals surface area contributed by atoms with Gasteiger partial charge in [0, 0.05) is 23.0 Å². The van der Waals surface area contributed by atoms with Crippen LogP contribution < -0.4 is 10.1 Å². The Morgan fingerprint density at radius 2 is 1.47 bits per heavy atom. The molecule has 0 aliphatic rings. The van der Waals surface area contributed by atoms with Crippen LogP contribution >= 0.6 is 15.9 Å². The highest BCUT2D eigenvalue weighted by Gasteiger charge is 2.32. The molecule has 178 valence electrons. The molecule has 0 aliphatic carbocycles. The van der Waals surface area contributed by atoms with Crippen LogP contribution in [0.4, 0.5) is 0 Å². The quantitative estimate of drug-likeness (QED) is 0.410. The van der Waals surface area contributed by atoms with Crippen LogP contribution in [0.15, 0.2) is 89.4 Å². The number of carbonyl (C=O) groups excluding carboxylic acids is 2. The van der Waals surface area contributed by atoms with Gasteiger partial charge >= 0.3 is 0 Å². The smallest absolute Gasteiger partial charge is 0.261 e. The molecule has 0 heterocycles. The Hall–Kier alpha value is -3.12. The molecule has 1 N–H and O–H groups in total. The number of amides is 2. The summed E-state index contributed by atoms with van der Waals surface area (Å²) in [5.74, 6) is 0.163. The number of para-hydroxylation sites is 1.